The van der Waals surface area contributed by atoms with E-state index < -0.39 is 36.5 Å². The molecule has 0 spiro atoms. The van der Waals surface area contributed by atoms with Gasteiger partial charge in [0.1, 0.15) is 11.8 Å². The number of likely N-dealkylation sites (N-methyl/N-ethyl adjacent to an activating group) is 1. The van der Waals surface area contributed by atoms with E-state index in [9.17, 15) is 28.7 Å². The molecule has 2 N–H and O–H groups in total. The molecule has 1 amide bonds. The van der Waals surface area contributed by atoms with Gasteiger partial charge in [0.2, 0.25) is 5.91 Å². The van der Waals surface area contributed by atoms with Gasteiger partial charge >= 0.3 is 18.1 Å². The molecule has 13 heteroatoms. The van der Waals surface area contributed by atoms with Gasteiger partial charge in [-0.1, -0.05) is 24.3 Å². The number of carbonyl (C=O) groups excluding carboxylic acids is 4. The highest BCUT2D eigenvalue weighted by Crippen LogP contribution is 2.16. The van der Waals surface area contributed by atoms with Crippen LogP contribution in [-0.2, 0) is 41.6 Å². The normalized spacial score (nSPS) is 11.9. The number of carboxylic acids is 2. The maximum Gasteiger partial charge on any atom is 0.373 e. The molecular weight excluding hydrogens is 503 g/mol. The van der Waals surface area contributed by atoms with Gasteiger partial charge in [0.15, 0.2) is 0 Å². The largest absolute Gasteiger partial charge is 0.481 e. The highest BCUT2D eigenvalue weighted by Gasteiger charge is 2.30. The Morgan fingerprint density at radius 3 is 2.26 bits per heavy atom. The Hall–Kier alpha value is -4.25. The Balaban J connectivity index is 0.00000229. The average Bonchev–Trinajstić information content (AvgIpc) is 3.35. The van der Waals surface area contributed by atoms with E-state index in [-0.39, 0.29) is 37.6 Å². The van der Waals surface area contributed by atoms with Gasteiger partial charge in [-0.3, -0.25) is 18.8 Å². The van der Waals surface area contributed by atoms with Crippen molar-refractivity contribution in [2.75, 3.05) is 13.7 Å². The van der Waals surface area contributed by atoms with E-state index in [1.807, 2.05) is 24.3 Å². The first kappa shape index (κ1) is 31.8. The van der Waals surface area contributed by atoms with Crippen LogP contribution in [0.15, 0.2) is 30.5 Å². The van der Waals surface area contributed by atoms with Crippen molar-refractivity contribution in [1.29, 1.82) is 0 Å². The first-order chi connectivity index (χ1) is 18.0. The monoisotopic (exact) mass is 534 g/mol. The number of amides is 1. The molecule has 1 aromatic carbocycles. The molecule has 2 aromatic rings. The summed E-state index contributed by atoms with van der Waals surface area (Å²) in [5.74, 6) is -3.80. The molecule has 1 heterocycles. The fraction of sp³-hybridized carbons (Fsp3) is 0.480. The number of nitrogens with zero attached hydrogens (tertiary/aromatic N) is 4. The number of Topliss-reactive ketones (excluding diaryl/α,β-unsaturated/α-hetero) is 1. The van der Waals surface area contributed by atoms with Gasteiger partial charge in [0.25, 0.3) is 0 Å². The van der Waals surface area contributed by atoms with E-state index in [4.69, 9.17) is 14.7 Å². The summed E-state index contributed by atoms with van der Waals surface area (Å²) in [5.41, 5.74) is 2.43. The zero-order chi connectivity index (χ0) is 28.7. The number of halogens is 1. The molecule has 0 saturated carbocycles. The van der Waals surface area contributed by atoms with Crippen LogP contribution in [0.25, 0.3) is 5.69 Å². The number of ketones is 1. The number of rotatable bonds is 15. The molecule has 206 valence electrons. The quantitative estimate of drug-likeness (QED) is 0.343. The second kappa shape index (κ2) is 16.5. The summed E-state index contributed by atoms with van der Waals surface area (Å²) in [6.45, 7) is 1.15. The molecule has 0 aliphatic rings. The molecule has 0 unspecified atom stereocenters. The molecule has 0 fully saturated rings. The first-order valence-corrected chi connectivity index (χ1v) is 11.8. The molecule has 0 aliphatic carbocycles. The third kappa shape index (κ3) is 10.8. The number of hydrogen-bond donors (Lipinski definition) is 2. The number of hydrogen-bond acceptors (Lipinski definition) is 8. The summed E-state index contributed by atoms with van der Waals surface area (Å²) in [6.07, 6.45) is 3.00. The Morgan fingerprint density at radius 1 is 1.08 bits per heavy atom. The van der Waals surface area contributed by atoms with Crippen LogP contribution in [-0.4, -0.2) is 79.7 Å². The van der Waals surface area contributed by atoms with E-state index in [2.05, 4.69) is 10.3 Å². The van der Waals surface area contributed by atoms with Crippen molar-refractivity contribution in [2.24, 2.45) is 5.92 Å². The number of aromatic nitrogens is 3. The minimum atomic E-state index is -1.29. The van der Waals surface area contributed by atoms with Crippen molar-refractivity contribution in [3.8, 4) is 5.69 Å². The van der Waals surface area contributed by atoms with Gasteiger partial charge in [0.05, 0.1) is 24.3 Å². The third-order valence-corrected chi connectivity index (χ3v) is 5.69. The number of aryl methyl sites for hydroxylation is 2. The number of carbonyl (C=O) groups is 4. The second-order valence-corrected chi connectivity index (χ2v) is 8.58. The number of alkyl halides is 1. The van der Waals surface area contributed by atoms with Crippen molar-refractivity contribution in [2.45, 2.75) is 57.9 Å². The van der Waals surface area contributed by atoms with Crippen LogP contribution in [0.3, 0.4) is 0 Å². The maximum atomic E-state index is 12.6. The first-order valence-electron chi connectivity index (χ1n) is 11.8. The molecule has 1 aromatic heterocycles. The summed E-state index contributed by atoms with van der Waals surface area (Å²) >= 11 is 0. The summed E-state index contributed by atoms with van der Waals surface area (Å²) in [5, 5.41) is 26.2. The average molecular weight is 535 g/mol. The van der Waals surface area contributed by atoms with E-state index in [0.29, 0.717) is 25.0 Å². The SMILES string of the molecule is C[C@H](CC(=O)CCc1ccc(-n2cc(CCCF)nn2)cc1)C(=O)N(C)[C@@H](CCC(=O)O)C(=O)O.O=C=O. The van der Waals surface area contributed by atoms with Crippen LogP contribution < -0.4 is 0 Å². The van der Waals surface area contributed by atoms with Crippen molar-refractivity contribution in [1.82, 2.24) is 19.9 Å². The highest BCUT2D eigenvalue weighted by atomic mass is 19.1. The molecule has 0 radical (unpaired) electrons. The molecule has 12 nitrogen and oxygen atoms in total. The smallest absolute Gasteiger partial charge is 0.373 e. The van der Waals surface area contributed by atoms with Gasteiger partial charge in [-0.15, -0.1) is 5.10 Å². The van der Waals surface area contributed by atoms with Gasteiger partial charge in [-0.2, -0.15) is 9.59 Å². The lowest BCUT2D eigenvalue weighted by Crippen LogP contribution is -2.45. The lowest BCUT2D eigenvalue weighted by atomic mass is 9.97. The fourth-order valence-electron chi connectivity index (χ4n) is 3.66. The van der Waals surface area contributed by atoms with E-state index in [0.717, 1.165) is 16.2 Å². The van der Waals surface area contributed by atoms with Gasteiger partial charge in [-0.05, 0) is 43.4 Å². The molecule has 2 rings (SSSR count). The topological polar surface area (TPSA) is 177 Å². The van der Waals surface area contributed by atoms with Crippen LogP contribution >= 0.6 is 0 Å². The number of carboxylic acid groups (broad SMARTS) is 2. The predicted octanol–water partition coefficient (Wildman–Crippen LogP) is 1.89. The van der Waals surface area contributed by atoms with Gasteiger partial charge in [0, 0.05) is 32.2 Å². The van der Waals surface area contributed by atoms with Crippen LogP contribution in [0.4, 0.5) is 4.39 Å². The van der Waals surface area contributed by atoms with E-state index in [1.54, 1.807) is 17.8 Å². The minimum absolute atomic E-state index is 0.0346. The summed E-state index contributed by atoms with van der Waals surface area (Å²) in [7, 11) is 1.31. The Kier molecular flexibility index (Phi) is 13.8. The minimum Gasteiger partial charge on any atom is -0.481 e. The zero-order valence-corrected chi connectivity index (χ0v) is 21.2. The number of benzene rings is 1. The van der Waals surface area contributed by atoms with Crippen molar-refractivity contribution < 1.29 is 43.4 Å². The van der Waals surface area contributed by atoms with Crippen molar-refractivity contribution in [3.05, 3.63) is 41.7 Å². The van der Waals surface area contributed by atoms with E-state index in [1.165, 1.54) is 7.05 Å². The fourth-order valence-corrected chi connectivity index (χ4v) is 3.66. The van der Waals surface area contributed by atoms with Crippen LogP contribution in [0.2, 0.25) is 0 Å². The summed E-state index contributed by atoms with van der Waals surface area (Å²) in [6, 6.07) is 6.16. The molecule has 2 atom stereocenters. The maximum absolute atomic E-state index is 12.6. The van der Waals surface area contributed by atoms with Crippen LogP contribution in [0.5, 0.6) is 0 Å². The van der Waals surface area contributed by atoms with Gasteiger partial charge < -0.3 is 15.1 Å². The predicted molar refractivity (Wildman–Crippen MR) is 129 cm³/mol. The molecule has 0 bridgehead atoms. The lowest BCUT2D eigenvalue weighted by Gasteiger charge is -2.27. The molecular formula is C25H31FN4O8. The second-order valence-electron chi connectivity index (χ2n) is 8.58. The Bertz CT molecular complexity index is 1110. The molecule has 38 heavy (non-hydrogen) atoms. The summed E-state index contributed by atoms with van der Waals surface area (Å²) < 4.78 is 13.9. The standard InChI is InChI=1S/C24H31FN4O6.CO2/c1-16(23(33)28(2)21(24(34)35)11-12-22(31)32)14-20(30)10-7-17-5-8-19(9-6-17)29-15-18(26-27-29)4-3-13-25;2-1-3/h5-6,8-9,15-16,21H,3-4,7,10-14H2,1-2H3,(H,31,32)(H,34,35);/t16-,21+;/m1./s1. The Labute approximate surface area is 218 Å². The number of aliphatic carboxylic acids is 2. The van der Waals surface area contributed by atoms with Crippen LogP contribution in [0.1, 0.15) is 50.3 Å². The highest BCUT2D eigenvalue weighted by molar-refractivity contribution is 5.89. The van der Waals surface area contributed by atoms with E-state index >= 15 is 0 Å². The Morgan fingerprint density at radius 2 is 1.71 bits per heavy atom. The summed E-state index contributed by atoms with van der Waals surface area (Å²) in [4.78, 5) is 64.5. The zero-order valence-electron chi connectivity index (χ0n) is 21.2. The van der Waals surface area contributed by atoms with Crippen molar-refractivity contribution >= 4 is 29.8 Å². The molecule has 0 aliphatic heterocycles. The van der Waals surface area contributed by atoms with Gasteiger partial charge in [-0.25, -0.2) is 9.48 Å². The lowest BCUT2D eigenvalue weighted by molar-refractivity contribution is -0.191. The van der Waals surface area contributed by atoms with Crippen molar-refractivity contribution in [3.63, 3.8) is 0 Å². The third-order valence-electron chi connectivity index (χ3n) is 5.69. The molecule has 0 saturated heterocycles. The van der Waals surface area contributed by atoms with Crippen LogP contribution in [0, 0.1) is 5.92 Å².